The SMILES string of the molecule is Cl.O=C1c2cnc3cccc(n23)CN1CCCNS(=O)(=O)C(F)(F)F. The van der Waals surface area contributed by atoms with Crippen molar-refractivity contribution < 1.29 is 26.4 Å². The second-order valence-corrected chi connectivity index (χ2v) is 7.04. The molecule has 3 rings (SSSR count). The molecule has 0 aromatic carbocycles. The summed E-state index contributed by atoms with van der Waals surface area (Å²) in [7, 11) is -5.35. The minimum Gasteiger partial charge on any atom is -0.331 e. The van der Waals surface area contributed by atoms with Crippen LogP contribution in [0.5, 0.6) is 0 Å². The lowest BCUT2D eigenvalue weighted by atomic mass is 10.2. The summed E-state index contributed by atoms with van der Waals surface area (Å²) in [5.41, 5.74) is -3.48. The number of halogens is 4. The molecule has 25 heavy (non-hydrogen) atoms. The summed E-state index contributed by atoms with van der Waals surface area (Å²) in [5.74, 6) is -0.292. The van der Waals surface area contributed by atoms with E-state index in [0.717, 1.165) is 5.69 Å². The lowest BCUT2D eigenvalue weighted by Crippen LogP contribution is -2.40. The molecule has 12 heteroatoms. The van der Waals surface area contributed by atoms with Crippen LogP contribution in [0.1, 0.15) is 22.6 Å². The number of sulfonamides is 1. The van der Waals surface area contributed by atoms with Crippen molar-refractivity contribution in [2.45, 2.75) is 18.5 Å². The Morgan fingerprint density at radius 1 is 1.28 bits per heavy atom. The number of amides is 1. The van der Waals surface area contributed by atoms with Crippen LogP contribution < -0.4 is 4.72 Å². The molecule has 3 heterocycles. The van der Waals surface area contributed by atoms with Crippen molar-refractivity contribution in [1.29, 1.82) is 0 Å². The predicted octanol–water partition coefficient (Wildman–Crippen LogP) is 1.54. The Labute approximate surface area is 147 Å². The van der Waals surface area contributed by atoms with Crippen molar-refractivity contribution in [2.75, 3.05) is 13.1 Å². The summed E-state index contributed by atoms with van der Waals surface area (Å²) >= 11 is 0. The van der Waals surface area contributed by atoms with Gasteiger partial charge in [-0.15, -0.1) is 12.4 Å². The number of nitrogens with one attached hydrogen (secondary N) is 1. The van der Waals surface area contributed by atoms with E-state index in [1.807, 2.05) is 6.07 Å². The Morgan fingerprint density at radius 3 is 2.68 bits per heavy atom. The van der Waals surface area contributed by atoms with Gasteiger partial charge in [0, 0.05) is 18.8 Å². The number of rotatable bonds is 5. The largest absolute Gasteiger partial charge is 0.511 e. The summed E-state index contributed by atoms with van der Waals surface area (Å²) in [6.45, 7) is 0.00141. The first-order valence-electron chi connectivity index (χ1n) is 7.01. The molecule has 1 N–H and O–H groups in total. The van der Waals surface area contributed by atoms with E-state index < -0.39 is 22.1 Å². The van der Waals surface area contributed by atoms with Crippen LogP contribution in [0.25, 0.3) is 5.65 Å². The zero-order chi connectivity index (χ0) is 17.5. The van der Waals surface area contributed by atoms with Crippen LogP contribution in [0.2, 0.25) is 0 Å². The molecule has 2 aromatic heterocycles. The zero-order valence-electron chi connectivity index (χ0n) is 12.7. The summed E-state index contributed by atoms with van der Waals surface area (Å²) in [4.78, 5) is 17.9. The Morgan fingerprint density at radius 2 is 2.00 bits per heavy atom. The minimum absolute atomic E-state index is 0. The van der Waals surface area contributed by atoms with E-state index in [0.29, 0.717) is 11.3 Å². The van der Waals surface area contributed by atoms with Crippen molar-refractivity contribution >= 4 is 34.0 Å². The first kappa shape index (κ1) is 19.5. The van der Waals surface area contributed by atoms with Crippen molar-refractivity contribution in [3.8, 4) is 0 Å². The molecule has 0 aliphatic carbocycles. The Kier molecular flexibility index (Phi) is 5.30. The molecule has 1 aliphatic heterocycles. The van der Waals surface area contributed by atoms with Crippen LogP contribution in [0.4, 0.5) is 13.2 Å². The van der Waals surface area contributed by atoms with Crippen LogP contribution in [0, 0.1) is 0 Å². The molecule has 7 nitrogen and oxygen atoms in total. The van der Waals surface area contributed by atoms with Gasteiger partial charge in [-0.25, -0.2) is 18.1 Å². The van der Waals surface area contributed by atoms with Gasteiger partial charge in [0.05, 0.1) is 12.7 Å². The molecule has 138 valence electrons. The fourth-order valence-corrected chi connectivity index (χ4v) is 3.12. The number of hydrogen-bond donors (Lipinski definition) is 1. The Hall–Kier alpha value is -1.85. The maximum Gasteiger partial charge on any atom is 0.511 e. The third kappa shape index (κ3) is 3.58. The Bertz CT molecular complexity index is 898. The topological polar surface area (TPSA) is 83.8 Å². The van der Waals surface area contributed by atoms with E-state index in [9.17, 15) is 26.4 Å². The van der Waals surface area contributed by atoms with Crippen molar-refractivity contribution in [2.24, 2.45) is 0 Å². The number of nitrogens with zero attached hydrogens (tertiary/aromatic N) is 3. The lowest BCUT2D eigenvalue weighted by molar-refractivity contribution is -0.0447. The zero-order valence-corrected chi connectivity index (χ0v) is 14.3. The normalized spacial score (nSPS) is 14.7. The van der Waals surface area contributed by atoms with Crippen LogP contribution in [-0.2, 0) is 16.6 Å². The molecule has 0 saturated heterocycles. The molecule has 0 saturated carbocycles. The van der Waals surface area contributed by atoms with E-state index in [2.05, 4.69) is 4.98 Å². The van der Waals surface area contributed by atoms with E-state index in [1.54, 1.807) is 16.5 Å². The molecular formula is C13H14ClF3N4O3S. The highest BCUT2D eigenvalue weighted by Gasteiger charge is 2.45. The lowest BCUT2D eigenvalue weighted by Gasteiger charge is -2.27. The van der Waals surface area contributed by atoms with Crippen LogP contribution >= 0.6 is 12.4 Å². The standard InChI is InChI=1S/C13H13F3N4O3S.ClH/c14-13(15,16)24(22,23)18-5-2-6-19-8-9-3-1-4-11-17-7-10(12(19)21)20(9)11;/h1,3-4,7,18H,2,5-6,8H2;1H. The maximum atomic E-state index is 12.4. The number of imidazole rings is 1. The smallest absolute Gasteiger partial charge is 0.331 e. The molecule has 0 bridgehead atoms. The quantitative estimate of drug-likeness (QED) is 0.774. The summed E-state index contributed by atoms with van der Waals surface area (Å²) in [6.07, 6.45) is 1.50. The fraction of sp³-hybridized carbons (Fsp3) is 0.385. The minimum atomic E-state index is -5.35. The van der Waals surface area contributed by atoms with E-state index in [-0.39, 0.29) is 37.8 Å². The molecule has 2 aromatic rings. The number of carbonyl (C=O) groups excluding carboxylic acids is 1. The first-order chi connectivity index (χ1) is 11.2. The molecule has 0 fully saturated rings. The Balaban J connectivity index is 0.00000225. The third-order valence-electron chi connectivity index (χ3n) is 3.67. The second-order valence-electron chi connectivity index (χ2n) is 5.28. The van der Waals surface area contributed by atoms with Gasteiger partial charge < -0.3 is 4.90 Å². The number of aromatic nitrogens is 2. The number of hydrogen-bond acceptors (Lipinski definition) is 4. The van der Waals surface area contributed by atoms with Gasteiger partial charge in [-0.1, -0.05) is 6.07 Å². The molecule has 1 aliphatic rings. The molecule has 0 atom stereocenters. The molecule has 0 radical (unpaired) electrons. The van der Waals surface area contributed by atoms with E-state index >= 15 is 0 Å². The van der Waals surface area contributed by atoms with Crippen LogP contribution in [0.15, 0.2) is 24.4 Å². The highest BCUT2D eigenvalue weighted by atomic mass is 35.5. The van der Waals surface area contributed by atoms with Crippen LogP contribution in [0.3, 0.4) is 0 Å². The molecule has 0 spiro atoms. The monoisotopic (exact) mass is 398 g/mol. The van der Waals surface area contributed by atoms with Gasteiger partial charge >= 0.3 is 15.5 Å². The highest BCUT2D eigenvalue weighted by molar-refractivity contribution is 7.90. The average Bonchev–Trinajstić information content (AvgIpc) is 2.93. The van der Waals surface area contributed by atoms with E-state index in [4.69, 9.17) is 0 Å². The molecule has 0 unspecified atom stereocenters. The van der Waals surface area contributed by atoms with Gasteiger partial charge in [-0.05, 0) is 18.6 Å². The molecular weight excluding hydrogens is 385 g/mol. The summed E-state index contributed by atoms with van der Waals surface area (Å²) in [6, 6.07) is 5.39. The summed E-state index contributed by atoms with van der Waals surface area (Å²) in [5, 5.41) is 0. The average molecular weight is 399 g/mol. The van der Waals surface area contributed by atoms with Crippen LogP contribution in [-0.4, -0.2) is 47.2 Å². The van der Waals surface area contributed by atoms with Gasteiger partial charge in [0.15, 0.2) is 0 Å². The van der Waals surface area contributed by atoms with Crippen molar-refractivity contribution in [3.63, 3.8) is 0 Å². The van der Waals surface area contributed by atoms with Gasteiger partial charge in [0.2, 0.25) is 0 Å². The summed E-state index contributed by atoms with van der Waals surface area (Å²) < 4.78 is 61.6. The number of alkyl halides is 3. The third-order valence-corrected chi connectivity index (χ3v) is 4.86. The molecule has 1 amide bonds. The maximum absolute atomic E-state index is 12.4. The fourth-order valence-electron chi connectivity index (χ4n) is 2.55. The van der Waals surface area contributed by atoms with Gasteiger partial charge in [0.25, 0.3) is 5.91 Å². The van der Waals surface area contributed by atoms with Crippen molar-refractivity contribution in [3.05, 3.63) is 35.8 Å². The highest BCUT2D eigenvalue weighted by Crippen LogP contribution is 2.22. The van der Waals surface area contributed by atoms with Gasteiger partial charge in [-0.3, -0.25) is 9.20 Å². The first-order valence-corrected chi connectivity index (χ1v) is 8.49. The van der Waals surface area contributed by atoms with Gasteiger partial charge in [0.1, 0.15) is 11.3 Å². The van der Waals surface area contributed by atoms with Crippen molar-refractivity contribution in [1.82, 2.24) is 19.0 Å². The number of pyridine rings is 1. The van der Waals surface area contributed by atoms with Gasteiger partial charge in [-0.2, -0.15) is 13.2 Å². The second kappa shape index (κ2) is 6.81. The number of carbonyl (C=O) groups is 1. The predicted molar refractivity (Wildman–Crippen MR) is 84.8 cm³/mol. The van der Waals surface area contributed by atoms with E-state index in [1.165, 1.54) is 15.8 Å².